The zero-order valence-corrected chi connectivity index (χ0v) is 6.18. The van der Waals surface area contributed by atoms with E-state index in [1.807, 2.05) is 32.0 Å². The standard InChI is InChI=1S/C9H9N/c1-7-4-3-5-8(2)9(7)6-10/h3-5H,1-2H3. The van der Waals surface area contributed by atoms with Crippen LogP contribution < -0.4 is 0 Å². The van der Waals surface area contributed by atoms with Crippen molar-refractivity contribution in [2.45, 2.75) is 13.8 Å². The quantitative estimate of drug-likeness (QED) is 0.529. The van der Waals surface area contributed by atoms with E-state index in [9.17, 15) is 0 Å². The van der Waals surface area contributed by atoms with Crippen LogP contribution in [0.25, 0.3) is 0 Å². The Morgan fingerprint density at radius 3 is 2.00 bits per heavy atom. The third kappa shape index (κ3) is 1.01. The Morgan fingerprint density at radius 2 is 1.70 bits per heavy atom. The fourth-order valence-electron chi connectivity index (χ4n) is 0.991. The van der Waals surface area contributed by atoms with Crippen molar-refractivity contribution in [1.82, 2.24) is 0 Å². The SMILES string of the molecule is Cc1cccc(C)c1C#N. The van der Waals surface area contributed by atoms with E-state index in [0.29, 0.717) is 0 Å². The van der Waals surface area contributed by atoms with Crippen molar-refractivity contribution in [3.63, 3.8) is 0 Å². The van der Waals surface area contributed by atoms with Crippen LogP contribution in [0, 0.1) is 25.2 Å². The fourth-order valence-corrected chi connectivity index (χ4v) is 0.991. The first kappa shape index (κ1) is 6.82. The summed E-state index contributed by atoms with van der Waals surface area (Å²) in [5.41, 5.74) is 2.92. The number of aryl methyl sites for hydroxylation is 2. The summed E-state index contributed by atoms with van der Waals surface area (Å²) in [4.78, 5) is 0. The van der Waals surface area contributed by atoms with Gasteiger partial charge in [0.1, 0.15) is 0 Å². The molecular weight excluding hydrogens is 122 g/mol. The van der Waals surface area contributed by atoms with Gasteiger partial charge in [0.2, 0.25) is 0 Å². The van der Waals surface area contributed by atoms with Crippen LogP contribution in [-0.2, 0) is 0 Å². The summed E-state index contributed by atoms with van der Waals surface area (Å²) in [6.07, 6.45) is 0. The van der Waals surface area contributed by atoms with Crippen molar-refractivity contribution in [3.8, 4) is 6.07 Å². The maximum Gasteiger partial charge on any atom is 0.0997 e. The third-order valence-corrected chi connectivity index (χ3v) is 1.59. The Balaban J connectivity index is 3.34. The largest absolute Gasteiger partial charge is 0.192 e. The second-order valence-corrected chi connectivity index (χ2v) is 2.38. The summed E-state index contributed by atoms with van der Waals surface area (Å²) in [6.45, 7) is 3.90. The van der Waals surface area contributed by atoms with Gasteiger partial charge >= 0.3 is 0 Å². The van der Waals surface area contributed by atoms with Gasteiger partial charge in [0.05, 0.1) is 11.6 Å². The maximum atomic E-state index is 8.65. The molecule has 50 valence electrons. The molecule has 0 aliphatic heterocycles. The molecule has 10 heavy (non-hydrogen) atoms. The van der Waals surface area contributed by atoms with E-state index >= 15 is 0 Å². The van der Waals surface area contributed by atoms with E-state index in [0.717, 1.165) is 16.7 Å². The van der Waals surface area contributed by atoms with Crippen LogP contribution >= 0.6 is 0 Å². The van der Waals surface area contributed by atoms with E-state index < -0.39 is 0 Å². The second-order valence-electron chi connectivity index (χ2n) is 2.38. The van der Waals surface area contributed by atoms with Crippen LogP contribution in [0.15, 0.2) is 18.2 Å². The van der Waals surface area contributed by atoms with Crippen molar-refractivity contribution < 1.29 is 0 Å². The normalized spacial score (nSPS) is 8.90. The van der Waals surface area contributed by atoms with Gasteiger partial charge in [0, 0.05) is 0 Å². The van der Waals surface area contributed by atoms with Gasteiger partial charge in [-0.15, -0.1) is 0 Å². The Labute approximate surface area is 60.9 Å². The molecule has 0 bridgehead atoms. The van der Waals surface area contributed by atoms with Crippen molar-refractivity contribution in [2.24, 2.45) is 0 Å². The van der Waals surface area contributed by atoms with Crippen LogP contribution in [0.5, 0.6) is 0 Å². The molecule has 0 aliphatic carbocycles. The molecule has 1 aromatic carbocycles. The minimum absolute atomic E-state index is 0.808. The molecule has 0 saturated carbocycles. The summed E-state index contributed by atoms with van der Waals surface area (Å²) < 4.78 is 0. The second kappa shape index (κ2) is 2.53. The van der Waals surface area contributed by atoms with Crippen molar-refractivity contribution >= 4 is 0 Å². The van der Waals surface area contributed by atoms with Crippen LogP contribution in [0.4, 0.5) is 0 Å². The molecule has 1 rings (SSSR count). The number of rotatable bonds is 0. The number of hydrogen-bond acceptors (Lipinski definition) is 1. The van der Waals surface area contributed by atoms with E-state index in [-0.39, 0.29) is 0 Å². The van der Waals surface area contributed by atoms with Gasteiger partial charge in [0.25, 0.3) is 0 Å². The first-order valence-corrected chi connectivity index (χ1v) is 3.22. The molecule has 0 fully saturated rings. The molecule has 0 N–H and O–H groups in total. The third-order valence-electron chi connectivity index (χ3n) is 1.59. The molecule has 0 radical (unpaired) electrons. The Hall–Kier alpha value is -1.29. The predicted molar refractivity (Wildman–Crippen MR) is 40.6 cm³/mol. The molecular formula is C9H9N. The highest BCUT2D eigenvalue weighted by molar-refractivity contribution is 5.42. The summed E-state index contributed by atoms with van der Waals surface area (Å²) in [5.74, 6) is 0. The van der Waals surface area contributed by atoms with Gasteiger partial charge in [-0.05, 0) is 25.0 Å². The van der Waals surface area contributed by atoms with Crippen molar-refractivity contribution in [1.29, 1.82) is 5.26 Å². The Bertz CT molecular complexity index is 261. The summed E-state index contributed by atoms with van der Waals surface area (Å²) >= 11 is 0. The smallest absolute Gasteiger partial charge is 0.0997 e. The molecule has 0 spiro atoms. The zero-order chi connectivity index (χ0) is 7.56. The molecule has 0 heterocycles. The van der Waals surface area contributed by atoms with Gasteiger partial charge < -0.3 is 0 Å². The molecule has 1 heteroatoms. The first-order chi connectivity index (χ1) is 4.75. The lowest BCUT2D eigenvalue weighted by Crippen LogP contribution is -1.84. The highest BCUT2D eigenvalue weighted by Crippen LogP contribution is 2.10. The zero-order valence-electron chi connectivity index (χ0n) is 6.18. The van der Waals surface area contributed by atoms with Crippen molar-refractivity contribution in [3.05, 3.63) is 34.9 Å². The van der Waals surface area contributed by atoms with Crippen LogP contribution in [0.2, 0.25) is 0 Å². The molecule has 1 aromatic rings. The molecule has 0 aromatic heterocycles. The van der Waals surface area contributed by atoms with Gasteiger partial charge in [-0.2, -0.15) is 5.26 Å². The minimum atomic E-state index is 0.808. The monoisotopic (exact) mass is 131 g/mol. The summed E-state index contributed by atoms with van der Waals surface area (Å²) in [5, 5.41) is 8.65. The fraction of sp³-hybridized carbons (Fsp3) is 0.222. The topological polar surface area (TPSA) is 23.8 Å². The van der Waals surface area contributed by atoms with Crippen LogP contribution in [0.1, 0.15) is 16.7 Å². The molecule has 0 amide bonds. The van der Waals surface area contributed by atoms with Crippen LogP contribution in [0.3, 0.4) is 0 Å². The Morgan fingerprint density at radius 1 is 1.20 bits per heavy atom. The van der Waals surface area contributed by atoms with E-state index in [2.05, 4.69) is 6.07 Å². The van der Waals surface area contributed by atoms with Gasteiger partial charge in [-0.25, -0.2) is 0 Å². The van der Waals surface area contributed by atoms with E-state index in [1.54, 1.807) is 0 Å². The Kier molecular flexibility index (Phi) is 1.73. The number of benzene rings is 1. The van der Waals surface area contributed by atoms with Gasteiger partial charge in [-0.1, -0.05) is 18.2 Å². The molecule has 1 nitrogen and oxygen atoms in total. The van der Waals surface area contributed by atoms with Gasteiger partial charge in [-0.3, -0.25) is 0 Å². The predicted octanol–water partition coefficient (Wildman–Crippen LogP) is 2.18. The highest BCUT2D eigenvalue weighted by atomic mass is 14.2. The van der Waals surface area contributed by atoms with Crippen LogP contribution in [-0.4, -0.2) is 0 Å². The number of nitrogens with zero attached hydrogens (tertiary/aromatic N) is 1. The van der Waals surface area contributed by atoms with E-state index in [1.165, 1.54) is 0 Å². The minimum Gasteiger partial charge on any atom is -0.192 e. The molecule has 0 atom stereocenters. The molecule has 0 aliphatic rings. The number of nitriles is 1. The lowest BCUT2D eigenvalue weighted by Gasteiger charge is -1.98. The lowest BCUT2D eigenvalue weighted by atomic mass is 10.1. The van der Waals surface area contributed by atoms with Crippen molar-refractivity contribution in [2.75, 3.05) is 0 Å². The lowest BCUT2D eigenvalue weighted by molar-refractivity contribution is 1.32. The number of hydrogen-bond donors (Lipinski definition) is 0. The molecule has 0 saturated heterocycles. The molecule has 0 unspecified atom stereocenters. The average molecular weight is 131 g/mol. The summed E-state index contributed by atoms with van der Waals surface area (Å²) in [7, 11) is 0. The highest BCUT2D eigenvalue weighted by Gasteiger charge is 1.97. The van der Waals surface area contributed by atoms with E-state index in [4.69, 9.17) is 5.26 Å². The van der Waals surface area contributed by atoms with Gasteiger partial charge in [0.15, 0.2) is 0 Å². The average Bonchev–Trinajstić information content (AvgIpc) is 1.88. The maximum absolute atomic E-state index is 8.65. The first-order valence-electron chi connectivity index (χ1n) is 3.22. The summed E-state index contributed by atoms with van der Waals surface area (Å²) in [6, 6.07) is 8.03.